The molecule has 4 aromatic rings. The highest BCUT2D eigenvalue weighted by Crippen LogP contribution is 2.34. The smallest absolute Gasteiger partial charge is 0.248 e. The number of halogens is 3. The summed E-state index contributed by atoms with van der Waals surface area (Å²) in [6.07, 6.45) is 2.91. The van der Waals surface area contributed by atoms with E-state index in [0.29, 0.717) is 55.0 Å². The van der Waals surface area contributed by atoms with Crippen molar-refractivity contribution in [1.82, 2.24) is 4.98 Å². The minimum absolute atomic E-state index is 0.352. The summed E-state index contributed by atoms with van der Waals surface area (Å²) < 4.78 is 11.2. The van der Waals surface area contributed by atoms with Crippen molar-refractivity contribution in [3.05, 3.63) is 80.8 Å². The maximum absolute atomic E-state index is 12.6. The van der Waals surface area contributed by atoms with Gasteiger partial charge in [-0.05, 0) is 60.0 Å². The van der Waals surface area contributed by atoms with Gasteiger partial charge in [-0.1, -0.05) is 54.7 Å². The third-order valence-electron chi connectivity index (χ3n) is 5.20. The van der Waals surface area contributed by atoms with Gasteiger partial charge in [0.15, 0.2) is 5.58 Å². The second-order valence-electron chi connectivity index (χ2n) is 7.93. The van der Waals surface area contributed by atoms with E-state index in [1.165, 1.54) is 18.7 Å². The molecule has 0 aliphatic carbocycles. The molecule has 0 saturated heterocycles. The van der Waals surface area contributed by atoms with Gasteiger partial charge in [-0.15, -0.1) is 0 Å². The summed E-state index contributed by atoms with van der Waals surface area (Å²) >= 11 is 18.5. The standard InChI is InChI=1S/C26H21Cl3N2O3/c1-14(2)15-5-8-23-22(11-15)31-26(34-23)17-4-7-19(28)21(12-17)30-24(32)9-6-16-10-18(27)13-20(29)25(16)33-3/h4-14H,1-3H3,(H,30,32). The number of anilines is 1. The number of nitrogens with one attached hydrogen (secondary N) is 1. The molecule has 3 aromatic carbocycles. The first-order chi connectivity index (χ1) is 16.2. The van der Waals surface area contributed by atoms with E-state index < -0.39 is 5.91 Å². The zero-order valence-electron chi connectivity index (χ0n) is 18.7. The lowest BCUT2D eigenvalue weighted by Gasteiger charge is -2.08. The Morgan fingerprint density at radius 3 is 2.59 bits per heavy atom. The molecule has 0 fully saturated rings. The Hall–Kier alpha value is -2.99. The Labute approximate surface area is 212 Å². The molecule has 8 heteroatoms. The van der Waals surface area contributed by atoms with Crippen molar-refractivity contribution in [2.24, 2.45) is 0 Å². The van der Waals surface area contributed by atoms with E-state index >= 15 is 0 Å². The summed E-state index contributed by atoms with van der Waals surface area (Å²) in [5, 5.41) is 3.95. The summed E-state index contributed by atoms with van der Waals surface area (Å²) in [7, 11) is 1.49. The number of nitrogens with zero attached hydrogens (tertiary/aromatic N) is 1. The Bertz CT molecular complexity index is 1410. The number of ether oxygens (including phenoxy) is 1. The second-order valence-corrected chi connectivity index (χ2v) is 9.18. The van der Waals surface area contributed by atoms with Gasteiger partial charge in [0, 0.05) is 22.2 Å². The number of rotatable bonds is 6. The predicted octanol–water partition coefficient (Wildman–Crippen LogP) is 8.24. The molecular formula is C26H21Cl3N2O3. The fraction of sp³-hybridized carbons (Fsp3) is 0.154. The lowest BCUT2D eigenvalue weighted by Crippen LogP contribution is -2.08. The molecule has 0 aliphatic rings. The molecule has 1 amide bonds. The summed E-state index contributed by atoms with van der Waals surface area (Å²) in [6, 6.07) is 14.4. The SMILES string of the molecule is COc1c(Cl)cc(Cl)cc1C=CC(=O)Nc1cc(-c2nc3cc(C(C)C)ccc3o2)ccc1Cl. The first-order valence-electron chi connectivity index (χ1n) is 10.5. The van der Waals surface area contributed by atoms with Crippen molar-refractivity contribution in [1.29, 1.82) is 0 Å². The Morgan fingerprint density at radius 2 is 1.85 bits per heavy atom. The molecule has 0 aliphatic heterocycles. The van der Waals surface area contributed by atoms with E-state index in [1.54, 1.807) is 36.4 Å². The number of fused-ring (bicyclic) bond motifs is 1. The number of carbonyl (C=O) groups excluding carboxylic acids is 1. The molecule has 1 N–H and O–H groups in total. The van der Waals surface area contributed by atoms with Crippen molar-refractivity contribution in [2.45, 2.75) is 19.8 Å². The molecule has 1 aromatic heterocycles. The zero-order chi connectivity index (χ0) is 24.4. The largest absolute Gasteiger partial charge is 0.495 e. The molecular weight excluding hydrogens is 495 g/mol. The van der Waals surface area contributed by atoms with Crippen LogP contribution in [0.2, 0.25) is 15.1 Å². The number of hydrogen-bond donors (Lipinski definition) is 1. The fourth-order valence-corrected chi connectivity index (χ4v) is 4.19. The summed E-state index contributed by atoms with van der Waals surface area (Å²) in [5.41, 5.74) is 4.34. The van der Waals surface area contributed by atoms with E-state index in [-0.39, 0.29) is 0 Å². The third kappa shape index (κ3) is 5.22. The molecule has 0 unspecified atom stereocenters. The van der Waals surface area contributed by atoms with E-state index in [2.05, 4.69) is 24.1 Å². The number of carbonyl (C=O) groups is 1. The molecule has 1 heterocycles. The normalized spacial score (nSPS) is 11.5. The van der Waals surface area contributed by atoms with E-state index in [0.717, 1.165) is 5.52 Å². The average molecular weight is 516 g/mol. The molecule has 0 radical (unpaired) electrons. The van der Waals surface area contributed by atoms with Crippen LogP contribution in [0.3, 0.4) is 0 Å². The van der Waals surface area contributed by atoms with Gasteiger partial charge in [0.2, 0.25) is 11.8 Å². The minimum atomic E-state index is -0.392. The molecule has 4 rings (SSSR count). The lowest BCUT2D eigenvalue weighted by atomic mass is 10.0. The van der Waals surface area contributed by atoms with E-state index in [4.69, 9.17) is 44.0 Å². The number of benzene rings is 3. The van der Waals surface area contributed by atoms with Crippen molar-refractivity contribution in [2.75, 3.05) is 12.4 Å². The number of hydrogen-bond acceptors (Lipinski definition) is 4. The van der Waals surface area contributed by atoms with E-state index in [9.17, 15) is 4.79 Å². The number of aromatic nitrogens is 1. The van der Waals surface area contributed by atoms with Crippen LogP contribution in [0.25, 0.3) is 28.6 Å². The molecule has 5 nitrogen and oxygen atoms in total. The van der Waals surface area contributed by atoms with Crippen LogP contribution < -0.4 is 10.1 Å². The number of oxazole rings is 1. The van der Waals surface area contributed by atoms with E-state index in [1.807, 2.05) is 18.2 Å². The van der Waals surface area contributed by atoms with Gasteiger partial charge in [0.1, 0.15) is 11.3 Å². The maximum Gasteiger partial charge on any atom is 0.248 e. The molecule has 0 spiro atoms. The minimum Gasteiger partial charge on any atom is -0.495 e. The third-order valence-corrected chi connectivity index (χ3v) is 6.03. The zero-order valence-corrected chi connectivity index (χ0v) is 20.9. The van der Waals surface area contributed by atoms with Crippen molar-refractivity contribution in [3.8, 4) is 17.2 Å². The van der Waals surface area contributed by atoms with Gasteiger partial charge in [0.25, 0.3) is 0 Å². The molecule has 0 saturated carbocycles. The summed E-state index contributed by atoms with van der Waals surface area (Å²) in [4.78, 5) is 17.2. The van der Waals surface area contributed by atoms with Crippen LogP contribution in [0.5, 0.6) is 5.75 Å². The lowest BCUT2D eigenvalue weighted by molar-refractivity contribution is -0.111. The van der Waals surface area contributed by atoms with Gasteiger partial charge >= 0.3 is 0 Å². The van der Waals surface area contributed by atoms with Gasteiger partial charge < -0.3 is 14.5 Å². The van der Waals surface area contributed by atoms with Crippen LogP contribution in [-0.4, -0.2) is 18.0 Å². The van der Waals surface area contributed by atoms with Gasteiger partial charge in [-0.3, -0.25) is 4.79 Å². The van der Waals surface area contributed by atoms with Crippen molar-refractivity contribution in [3.63, 3.8) is 0 Å². The van der Waals surface area contributed by atoms with Gasteiger partial charge in [-0.25, -0.2) is 4.98 Å². The highest BCUT2D eigenvalue weighted by molar-refractivity contribution is 6.36. The predicted molar refractivity (Wildman–Crippen MR) is 139 cm³/mol. The van der Waals surface area contributed by atoms with Crippen LogP contribution >= 0.6 is 34.8 Å². The van der Waals surface area contributed by atoms with Crippen LogP contribution in [-0.2, 0) is 4.79 Å². The maximum atomic E-state index is 12.6. The highest BCUT2D eigenvalue weighted by atomic mass is 35.5. The van der Waals surface area contributed by atoms with Crippen LogP contribution in [0, 0.1) is 0 Å². The Morgan fingerprint density at radius 1 is 1.06 bits per heavy atom. The van der Waals surface area contributed by atoms with Crippen LogP contribution in [0.15, 0.2) is 59.0 Å². The highest BCUT2D eigenvalue weighted by Gasteiger charge is 2.13. The topological polar surface area (TPSA) is 64.4 Å². The monoisotopic (exact) mass is 514 g/mol. The summed E-state index contributed by atoms with van der Waals surface area (Å²) in [5.74, 6) is 0.859. The average Bonchev–Trinajstić information content (AvgIpc) is 3.22. The van der Waals surface area contributed by atoms with Crippen molar-refractivity contribution < 1.29 is 13.9 Å². The van der Waals surface area contributed by atoms with Gasteiger partial charge in [0.05, 0.1) is 22.8 Å². The van der Waals surface area contributed by atoms with Gasteiger partial charge in [-0.2, -0.15) is 0 Å². The molecule has 34 heavy (non-hydrogen) atoms. The quantitative estimate of drug-likeness (QED) is 0.263. The van der Waals surface area contributed by atoms with Crippen molar-refractivity contribution >= 4 is 63.6 Å². The summed E-state index contributed by atoms with van der Waals surface area (Å²) in [6.45, 7) is 4.25. The Kier molecular flexibility index (Phi) is 7.17. The number of amides is 1. The first kappa shape index (κ1) is 24.1. The first-order valence-corrected chi connectivity index (χ1v) is 11.6. The molecule has 174 valence electrons. The fourth-order valence-electron chi connectivity index (χ4n) is 3.44. The number of methoxy groups -OCH3 is 1. The molecule has 0 atom stereocenters. The molecule has 0 bridgehead atoms. The Balaban J connectivity index is 1.58. The second kappa shape index (κ2) is 10.1. The van der Waals surface area contributed by atoms with Crippen LogP contribution in [0.4, 0.5) is 5.69 Å². The van der Waals surface area contributed by atoms with Crippen LogP contribution in [0.1, 0.15) is 30.9 Å².